The van der Waals surface area contributed by atoms with Crippen molar-refractivity contribution in [2.45, 2.75) is 19.9 Å². The molecular formula is C9H13FN2. The highest BCUT2D eigenvalue weighted by Crippen LogP contribution is 2.14. The number of halogens is 1. The summed E-state index contributed by atoms with van der Waals surface area (Å²) in [7, 11) is 0. The van der Waals surface area contributed by atoms with Crippen molar-refractivity contribution in [1.82, 2.24) is 5.43 Å². The average molecular weight is 168 g/mol. The molecule has 0 aromatic heterocycles. The van der Waals surface area contributed by atoms with Crippen LogP contribution in [0.25, 0.3) is 0 Å². The monoisotopic (exact) mass is 168 g/mol. The molecule has 3 heteroatoms. The van der Waals surface area contributed by atoms with E-state index >= 15 is 0 Å². The van der Waals surface area contributed by atoms with Gasteiger partial charge >= 0.3 is 0 Å². The lowest BCUT2D eigenvalue weighted by Crippen LogP contribution is -2.25. The maximum Gasteiger partial charge on any atom is 0.126 e. The number of aryl methyl sites for hydroxylation is 1. The highest BCUT2D eigenvalue weighted by molar-refractivity contribution is 5.25. The molecule has 0 aliphatic heterocycles. The van der Waals surface area contributed by atoms with Crippen LogP contribution in [-0.4, -0.2) is 0 Å². The molecule has 3 N–H and O–H groups in total. The van der Waals surface area contributed by atoms with E-state index in [9.17, 15) is 4.39 Å². The lowest BCUT2D eigenvalue weighted by molar-refractivity contribution is 0.582. The maximum absolute atomic E-state index is 13.0. The highest BCUT2D eigenvalue weighted by atomic mass is 19.1. The molecule has 0 radical (unpaired) electrons. The van der Waals surface area contributed by atoms with Gasteiger partial charge in [-0.15, -0.1) is 0 Å². The third-order valence-electron chi connectivity index (χ3n) is 1.95. The second-order valence-corrected chi connectivity index (χ2v) is 2.90. The van der Waals surface area contributed by atoms with Crippen LogP contribution in [0.1, 0.15) is 24.1 Å². The number of benzene rings is 1. The zero-order valence-electron chi connectivity index (χ0n) is 7.26. The quantitative estimate of drug-likeness (QED) is 0.520. The van der Waals surface area contributed by atoms with E-state index in [1.165, 1.54) is 6.07 Å². The Hall–Kier alpha value is -0.930. The fourth-order valence-electron chi connectivity index (χ4n) is 0.975. The number of nitrogens with one attached hydrogen (secondary N) is 1. The molecule has 0 bridgehead atoms. The summed E-state index contributed by atoms with van der Waals surface area (Å²) in [6, 6.07) is 5.10. The van der Waals surface area contributed by atoms with Gasteiger partial charge in [0.2, 0.25) is 0 Å². The minimum atomic E-state index is -0.186. The number of hydrogen-bond donors (Lipinski definition) is 2. The fourth-order valence-corrected chi connectivity index (χ4v) is 0.975. The van der Waals surface area contributed by atoms with Gasteiger partial charge in [0.25, 0.3) is 0 Å². The lowest BCUT2D eigenvalue weighted by Gasteiger charge is -2.10. The molecule has 0 saturated heterocycles. The average Bonchev–Trinajstić information content (AvgIpc) is 2.08. The van der Waals surface area contributed by atoms with E-state index in [4.69, 9.17) is 5.84 Å². The molecule has 0 amide bonds. The molecule has 0 unspecified atom stereocenters. The van der Waals surface area contributed by atoms with Gasteiger partial charge in [0.05, 0.1) is 0 Å². The summed E-state index contributed by atoms with van der Waals surface area (Å²) in [6.07, 6.45) is 0. The molecule has 2 nitrogen and oxygen atoms in total. The van der Waals surface area contributed by atoms with Gasteiger partial charge in [0, 0.05) is 6.04 Å². The molecule has 0 aliphatic rings. The van der Waals surface area contributed by atoms with Crippen molar-refractivity contribution in [3.63, 3.8) is 0 Å². The van der Waals surface area contributed by atoms with Crippen molar-refractivity contribution in [2.24, 2.45) is 5.84 Å². The van der Waals surface area contributed by atoms with Gasteiger partial charge in [-0.1, -0.05) is 12.1 Å². The Bertz CT molecular complexity index is 273. The first kappa shape index (κ1) is 9.16. The third kappa shape index (κ3) is 1.81. The van der Waals surface area contributed by atoms with Crippen LogP contribution in [0.2, 0.25) is 0 Å². The smallest absolute Gasteiger partial charge is 0.126 e. The number of nitrogens with two attached hydrogens (primary N) is 1. The SMILES string of the molecule is Cc1ccc([C@H](C)NN)cc1F. The summed E-state index contributed by atoms with van der Waals surface area (Å²) >= 11 is 0. The molecule has 0 spiro atoms. The second kappa shape index (κ2) is 3.65. The summed E-state index contributed by atoms with van der Waals surface area (Å²) in [4.78, 5) is 0. The zero-order valence-corrected chi connectivity index (χ0v) is 7.26. The summed E-state index contributed by atoms with van der Waals surface area (Å²) in [5, 5.41) is 0. The Labute approximate surface area is 71.6 Å². The van der Waals surface area contributed by atoms with Crippen molar-refractivity contribution in [2.75, 3.05) is 0 Å². The van der Waals surface area contributed by atoms with Gasteiger partial charge in [-0.3, -0.25) is 11.3 Å². The minimum absolute atomic E-state index is 0.0138. The molecule has 1 rings (SSSR count). The molecule has 0 aliphatic carbocycles. The van der Waals surface area contributed by atoms with E-state index in [0.29, 0.717) is 5.56 Å². The number of hydrogen-bond acceptors (Lipinski definition) is 2. The topological polar surface area (TPSA) is 38.0 Å². The van der Waals surface area contributed by atoms with Crippen molar-refractivity contribution in [1.29, 1.82) is 0 Å². The normalized spacial score (nSPS) is 13.0. The van der Waals surface area contributed by atoms with Gasteiger partial charge in [-0.25, -0.2) is 4.39 Å². The van der Waals surface area contributed by atoms with E-state index in [2.05, 4.69) is 5.43 Å². The zero-order chi connectivity index (χ0) is 9.14. The second-order valence-electron chi connectivity index (χ2n) is 2.90. The van der Waals surface area contributed by atoms with E-state index in [1.807, 2.05) is 13.0 Å². The Morgan fingerprint density at radius 3 is 2.67 bits per heavy atom. The molecule has 12 heavy (non-hydrogen) atoms. The Kier molecular flexibility index (Phi) is 2.78. The molecule has 0 saturated carbocycles. The Morgan fingerprint density at radius 1 is 1.50 bits per heavy atom. The van der Waals surface area contributed by atoms with E-state index < -0.39 is 0 Å². The summed E-state index contributed by atoms with van der Waals surface area (Å²) in [5.41, 5.74) is 4.08. The van der Waals surface area contributed by atoms with Crippen LogP contribution in [0.3, 0.4) is 0 Å². The van der Waals surface area contributed by atoms with E-state index in [1.54, 1.807) is 13.0 Å². The van der Waals surface area contributed by atoms with Crippen molar-refractivity contribution < 1.29 is 4.39 Å². The van der Waals surface area contributed by atoms with Crippen LogP contribution in [0.15, 0.2) is 18.2 Å². The van der Waals surface area contributed by atoms with Crippen LogP contribution >= 0.6 is 0 Å². The first-order valence-electron chi connectivity index (χ1n) is 3.87. The van der Waals surface area contributed by atoms with Crippen LogP contribution in [0.5, 0.6) is 0 Å². The van der Waals surface area contributed by atoms with Gasteiger partial charge in [-0.05, 0) is 31.0 Å². The third-order valence-corrected chi connectivity index (χ3v) is 1.95. The first-order chi connectivity index (χ1) is 5.65. The van der Waals surface area contributed by atoms with Crippen LogP contribution in [-0.2, 0) is 0 Å². The van der Waals surface area contributed by atoms with E-state index in [-0.39, 0.29) is 11.9 Å². The largest absolute Gasteiger partial charge is 0.271 e. The first-order valence-corrected chi connectivity index (χ1v) is 3.87. The number of rotatable bonds is 2. The Morgan fingerprint density at radius 2 is 2.17 bits per heavy atom. The summed E-state index contributed by atoms with van der Waals surface area (Å²) in [5.74, 6) is 5.03. The van der Waals surface area contributed by atoms with E-state index in [0.717, 1.165) is 5.56 Å². The molecule has 66 valence electrons. The molecular weight excluding hydrogens is 155 g/mol. The summed E-state index contributed by atoms with van der Waals surface area (Å²) < 4.78 is 13.0. The van der Waals surface area contributed by atoms with Crippen LogP contribution < -0.4 is 11.3 Å². The predicted molar refractivity (Wildman–Crippen MR) is 46.9 cm³/mol. The van der Waals surface area contributed by atoms with Gasteiger partial charge in [-0.2, -0.15) is 0 Å². The summed E-state index contributed by atoms with van der Waals surface area (Å²) in [6.45, 7) is 3.61. The molecule has 0 fully saturated rings. The van der Waals surface area contributed by atoms with Gasteiger partial charge < -0.3 is 0 Å². The van der Waals surface area contributed by atoms with Gasteiger partial charge in [0.1, 0.15) is 5.82 Å². The highest BCUT2D eigenvalue weighted by Gasteiger charge is 2.04. The van der Waals surface area contributed by atoms with Crippen molar-refractivity contribution >= 4 is 0 Å². The molecule has 1 aromatic rings. The lowest BCUT2D eigenvalue weighted by atomic mass is 10.1. The Balaban J connectivity index is 2.96. The van der Waals surface area contributed by atoms with Crippen LogP contribution in [0.4, 0.5) is 4.39 Å². The standard InChI is InChI=1S/C9H13FN2/c1-6-3-4-8(5-9(6)10)7(2)12-11/h3-5,7,12H,11H2,1-2H3/t7-/m0/s1. The molecule has 1 aromatic carbocycles. The molecule has 1 atom stereocenters. The fraction of sp³-hybridized carbons (Fsp3) is 0.333. The van der Waals surface area contributed by atoms with Crippen molar-refractivity contribution in [3.05, 3.63) is 35.1 Å². The van der Waals surface area contributed by atoms with Gasteiger partial charge in [0.15, 0.2) is 0 Å². The maximum atomic E-state index is 13.0. The van der Waals surface area contributed by atoms with Crippen LogP contribution in [0, 0.1) is 12.7 Å². The minimum Gasteiger partial charge on any atom is -0.271 e. The molecule has 0 heterocycles. The predicted octanol–water partition coefficient (Wildman–Crippen LogP) is 1.66. The van der Waals surface area contributed by atoms with Crippen molar-refractivity contribution in [3.8, 4) is 0 Å². The number of hydrazine groups is 1.